The molecule has 1 aromatic heterocycles. The van der Waals surface area contributed by atoms with Gasteiger partial charge in [0.05, 0.1) is 5.69 Å². The number of nitrogens with one attached hydrogen (secondary N) is 1. The third kappa shape index (κ3) is 1.55. The minimum absolute atomic E-state index is 0.144. The number of aryl methyl sites for hydroxylation is 1. The lowest BCUT2D eigenvalue weighted by Crippen LogP contribution is -2.23. The highest BCUT2D eigenvalue weighted by atomic mass is 15.4. The molecule has 1 rings (SSSR count). The molecular weight excluding hydrogens is 154 g/mol. The van der Waals surface area contributed by atoms with Gasteiger partial charge in [0, 0.05) is 6.07 Å². The van der Waals surface area contributed by atoms with Crippen LogP contribution in [0.3, 0.4) is 0 Å². The van der Waals surface area contributed by atoms with Crippen molar-refractivity contribution in [3.05, 3.63) is 11.8 Å². The quantitative estimate of drug-likeness (QED) is 0.432. The lowest BCUT2D eigenvalue weighted by atomic mass is 10.2. The first-order valence-electron chi connectivity index (χ1n) is 3.84. The fourth-order valence-corrected chi connectivity index (χ4v) is 1.02. The summed E-state index contributed by atoms with van der Waals surface area (Å²) in [5.74, 6) is 0.279. The van der Waals surface area contributed by atoms with E-state index >= 15 is 0 Å². The van der Waals surface area contributed by atoms with E-state index in [0.29, 0.717) is 5.82 Å². The first kappa shape index (κ1) is 8.58. The monoisotopic (exact) mass is 167 g/mol. The van der Waals surface area contributed by atoms with Crippen LogP contribution >= 0.6 is 0 Å². The molecule has 1 aromatic rings. The van der Waals surface area contributed by atoms with Crippen molar-refractivity contribution < 1.29 is 0 Å². The topological polar surface area (TPSA) is 93.7 Å². The molecule has 5 nitrogen and oxygen atoms in total. The van der Waals surface area contributed by atoms with Crippen molar-refractivity contribution in [1.82, 2.24) is 9.78 Å². The van der Waals surface area contributed by atoms with E-state index in [9.17, 15) is 0 Å². The molecule has 0 amide bonds. The summed E-state index contributed by atoms with van der Waals surface area (Å²) in [5.41, 5.74) is 11.7. The van der Waals surface area contributed by atoms with E-state index in [0.717, 1.165) is 18.5 Å². The van der Waals surface area contributed by atoms with Crippen molar-refractivity contribution in [1.29, 1.82) is 5.41 Å². The zero-order valence-electron chi connectivity index (χ0n) is 7.04. The molecule has 5 heteroatoms. The molecule has 12 heavy (non-hydrogen) atoms. The van der Waals surface area contributed by atoms with Crippen molar-refractivity contribution >= 4 is 11.8 Å². The zero-order valence-corrected chi connectivity index (χ0v) is 7.04. The fraction of sp³-hybridized carbons (Fsp3) is 0.429. The number of rotatable bonds is 2. The zero-order chi connectivity index (χ0) is 9.14. The van der Waals surface area contributed by atoms with Gasteiger partial charge < -0.3 is 11.5 Å². The Hall–Kier alpha value is -1.52. The van der Waals surface area contributed by atoms with Gasteiger partial charge >= 0.3 is 0 Å². The van der Waals surface area contributed by atoms with E-state index in [-0.39, 0.29) is 5.96 Å². The molecule has 0 aliphatic heterocycles. The number of aromatic nitrogens is 2. The molecule has 0 bridgehead atoms. The number of nitrogens with two attached hydrogens (primary N) is 2. The Kier molecular flexibility index (Phi) is 2.32. The largest absolute Gasteiger partial charge is 0.383 e. The molecule has 0 fully saturated rings. The second-order valence-electron chi connectivity index (χ2n) is 2.61. The molecule has 66 valence electrons. The lowest BCUT2D eigenvalue weighted by Gasteiger charge is -1.97. The van der Waals surface area contributed by atoms with Crippen LogP contribution in [0.4, 0.5) is 5.82 Å². The third-order valence-electron chi connectivity index (χ3n) is 1.52. The van der Waals surface area contributed by atoms with Gasteiger partial charge in [0.15, 0.2) is 0 Å². The Morgan fingerprint density at radius 2 is 2.42 bits per heavy atom. The number of nitrogen functional groups attached to an aromatic ring is 2. The second kappa shape index (κ2) is 3.25. The van der Waals surface area contributed by atoms with Crippen molar-refractivity contribution in [2.75, 3.05) is 5.73 Å². The van der Waals surface area contributed by atoms with Crippen molar-refractivity contribution in [3.63, 3.8) is 0 Å². The molecule has 0 saturated heterocycles. The SMILES string of the molecule is CCCc1cc(N)n(C(=N)N)n1. The van der Waals surface area contributed by atoms with Gasteiger partial charge in [-0.1, -0.05) is 13.3 Å². The minimum atomic E-state index is -0.144. The first-order chi connectivity index (χ1) is 5.65. The molecule has 0 spiro atoms. The van der Waals surface area contributed by atoms with Crippen LogP contribution in [0.1, 0.15) is 19.0 Å². The highest BCUT2D eigenvalue weighted by Crippen LogP contribution is 2.06. The molecule has 1 heterocycles. The standard InChI is InChI=1S/C7H13N5/c1-2-3-5-4-6(8)12(11-5)7(9)10/h4H,2-3,8H2,1H3,(H3,9,10). The van der Waals surface area contributed by atoms with E-state index in [1.165, 1.54) is 4.68 Å². The number of anilines is 1. The van der Waals surface area contributed by atoms with Crippen LogP contribution in [0.25, 0.3) is 0 Å². The molecule has 0 unspecified atom stereocenters. The fourth-order valence-electron chi connectivity index (χ4n) is 1.02. The lowest BCUT2D eigenvalue weighted by molar-refractivity contribution is 0.826. The average Bonchev–Trinajstić information content (AvgIpc) is 2.32. The van der Waals surface area contributed by atoms with Gasteiger partial charge in [0.25, 0.3) is 0 Å². The summed E-state index contributed by atoms with van der Waals surface area (Å²) >= 11 is 0. The molecule has 0 aromatic carbocycles. The van der Waals surface area contributed by atoms with E-state index < -0.39 is 0 Å². The van der Waals surface area contributed by atoms with Gasteiger partial charge in [0.2, 0.25) is 5.96 Å². The van der Waals surface area contributed by atoms with E-state index in [1.54, 1.807) is 6.07 Å². The highest BCUT2D eigenvalue weighted by Gasteiger charge is 2.05. The van der Waals surface area contributed by atoms with Gasteiger partial charge in [-0.3, -0.25) is 5.41 Å². The predicted octanol–water partition coefficient (Wildman–Crippen LogP) is 0.159. The normalized spacial score (nSPS) is 10.1. The van der Waals surface area contributed by atoms with Crippen molar-refractivity contribution in [2.45, 2.75) is 19.8 Å². The molecule has 0 atom stereocenters. The smallest absolute Gasteiger partial charge is 0.215 e. The molecule has 0 saturated carbocycles. The second-order valence-corrected chi connectivity index (χ2v) is 2.61. The van der Waals surface area contributed by atoms with Crippen LogP contribution in [0.2, 0.25) is 0 Å². The predicted molar refractivity (Wildman–Crippen MR) is 47.9 cm³/mol. The van der Waals surface area contributed by atoms with E-state index in [1.807, 2.05) is 0 Å². The Morgan fingerprint density at radius 3 is 2.83 bits per heavy atom. The number of nitrogens with zero attached hydrogens (tertiary/aromatic N) is 2. The van der Waals surface area contributed by atoms with Crippen LogP contribution < -0.4 is 11.5 Å². The Labute approximate surface area is 70.9 Å². The van der Waals surface area contributed by atoms with Crippen LogP contribution in [-0.2, 0) is 6.42 Å². The summed E-state index contributed by atoms with van der Waals surface area (Å²) in [6.45, 7) is 2.06. The van der Waals surface area contributed by atoms with Crippen LogP contribution in [0.5, 0.6) is 0 Å². The molecule has 0 radical (unpaired) electrons. The molecule has 0 aliphatic rings. The number of hydrogen-bond acceptors (Lipinski definition) is 3. The van der Waals surface area contributed by atoms with Gasteiger partial charge in [0.1, 0.15) is 5.82 Å². The molecular formula is C7H13N5. The van der Waals surface area contributed by atoms with Gasteiger partial charge in [-0.25, -0.2) is 0 Å². The Morgan fingerprint density at radius 1 is 1.75 bits per heavy atom. The third-order valence-corrected chi connectivity index (χ3v) is 1.52. The highest BCUT2D eigenvalue weighted by molar-refractivity contribution is 5.79. The minimum Gasteiger partial charge on any atom is -0.383 e. The van der Waals surface area contributed by atoms with Gasteiger partial charge in [-0.05, 0) is 6.42 Å². The maximum Gasteiger partial charge on any atom is 0.215 e. The Bertz CT molecular complexity index is 288. The maximum atomic E-state index is 7.12. The summed E-state index contributed by atoms with van der Waals surface area (Å²) in [6.07, 6.45) is 1.87. The summed E-state index contributed by atoms with van der Waals surface area (Å²) in [4.78, 5) is 0. The van der Waals surface area contributed by atoms with Gasteiger partial charge in [-0.2, -0.15) is 9.78 Å². The summed E-state index contributed by atoms with van der Waals surface area (Å²) < 4.78 is 1.23. The molecule has 5 N–H and O–H groups in total. The van der Waals surface area contributed by atoms with Crippen LogP contribution in [0.15, 0.2) is 6.07 Å². The summed E-state index contributed by atoms with van der Waals surface area (Å²) in [6, 6.07) is 1.74. The van der Waals surface area contributed by atoms with Gasteiger partial charge in [-0.15, -0.1) is 0 Å². The molecule has 0 aliphatic carbocycles. The average molecular weight is 167 g/mol. The van der Waals surface area contributed by atoms with E-state index in [4.69, 9.17) is 16.9 Å². The van der Waals surface area contributed by atoms with Crippen molar-refractivity contribution in [3.8, 4) is 0 Å². The van der Waals surface area contributed by atoms with E-state index in [2.05, 4.69) is 12.0 Å². The summed E-state index contributed by atoms with van der Waals surface area (Å²) in [7, 11) is 0. The first-order valence-corrected chi connectivity index (χ1v) is 3.84. The van der Waals surface area contributed by atoms with Crippen molar-refractivity contribution in [2.24, 2.45) is 5.73 Å². The Balaban J connectivity index is 2.92. The maximum absolute atomic E-state index is 7.12. The van der Waals surface area contributed by atoms with Crippen LogP contribution in [-0.4, -0.2) is 15.7 Å². The number of hydrogen-bond donors (Lipinski definition) is 3. The summed E-state index contributed by atoms with van der Waals surface area (Å²) in [5, 5.41) is 11.2. The van der Waals surface area contributed by atoms with Crippen LogP contribution in [0, 0.1) is 5.41 Å².